The lowest BCUT2D eigenvalue weighted by atomic mass is 9.91. The number of ketones is 1. The molecule has 200 valence electrons. The number of carbonyl (C=O) groups is 1. The summed E-state index contributed by atoms with van der Waals surface area (Å²) in [5.41, 5.74) is 3.38. The Morgan fingerprint density at radius 3 is 1.37 bits per heavy atom. The number of para-hydroxylation sites is 2. The lowest BCUT2D eigenvalue weighted by Gasteiger charge is -2.40. The Morgan fingerprint density at radius 2 is 1.00 bits per heavy atom. The van der Waals surface area contributed by atoms with Gasteiger partial charge in [0.15, 0.2) is 0 Å². The minimum absolute atomic E-state index is 0.156. The molecule has 4 aromatic rings. The van der Waals surface area contributed by atoms with Crippen molar-refractivity contribution in [3.63, 3.8) is 0 Å². The van der Waals surface area contributed by atoms with Crippen LogP contribution in [0.2, 0.25) is 0 Å². The second kappa shape index (κ2) is 12.5. The molecular formula is C31H36N2O5. The van der Waals surface area contributed by atoms with Gasteiger partial charge in [0, 0.05) is 62.4 Å². The van der Waals surface area contributed by atoms with Gasteiger partial charge >= 0.3 is 0 Å². The summed E-state index contributed by atoms with van der Waals surface area (Å²) in [6, 6.07) is 19.7. The van der Waals surface area contributed by atoms with Crippen LogP contribution in [-0.4, -0.2) is 53.8 Å². The Labute approximate surface area is 224 Å². The zero-order chi connectivity index (χ0) is 27.0. The fourth-order valence-corrected chi connectivity index (χ4v) is 4.90. The van der Waals surface area contributed by atoms with Crippen molar-refractivity contribution in [3.05, 3.63) is 84.2 Å². The van der Waals surface area contributed by atoms with E-state index in [1.165, 1.54) is 0 Å². The summed E-state index contributed by atoms with van der Waals surface area (Å²) < 4.78 is 24.7. The molecule has 0 saturated carbocycles. The molecule has 38 heavy (non-hydrogen) atoms. The fourth-order valence-electron chi connectivity index (χ4n) is 4.90. The first-order valence-corrected chi connectivity index (χ1v) is 13.3. The van der Waals surface area contributed by atoms with Crippen molar-refractivity contribution in [3.8, 4) is 0 Å². The van der Waals surface area contributed by atoms with Crippen LogP contribution < -0.4 is 0 Å². The van der Waals surface area contributed by atoms with Crippen LogP contribution in [0.1, 0.15) is 38.8 Å². The number of benzene rings is 2. The van der Waals surface area contributed by atoms with Gasteiger partial charge in [0.05, 0.1) is 11.0 Å². The van der Waals surface area contributed by atoms with Gasteiger partial charge in [-0.25, -0.2) is 0 Å². The van der Waals surface area contributed by atoms with Gasteiger partial charge < -0.3 is 18.9 Å². The molecule has 0 bridgehead atoms. The van der Waals surface area contributed by atoms with Gasteiger partial charge in [-0.05, 0) is 63.1 Å². The second-order valence-electron chi connectivity index (χ2n) is 8.99. The molecule has 4 rings (SSSR count). The van der Waals surface area contributed by atoms with Gasteiger partial charge in [0.1, 0.15) is 0 Å². The number of aromatic nitrogens is 2. The van der Waals surface area contributed by atoms with Crippen LogP contribution in [0.25, 0.3) is 21.8 Å². The van der Waals surface area contributed by atoms with E-state index in [9.17, 15) is 4.79 Å². The number of ether oxygens (including phenoxy) is 4. The van der Waals surface area contributed by atoms with Crippen molar-refractivity contribution in [1.29, 1.82) is 0 Å². The Kier molecular flexibility index (Phi) is 9.17. The van der Waals surface area contributed by atoms with Crippen LogP contribution in [-0.2, 0) is 36.6 Å². The normalized spacial score (nSPS) is 12.3. The second-order valence-corrected chi connectivity index (χ2v) is 8.99. The third-order valence-electron chi connectivity index (χ3n) is 6.37. The van der Waals surface area contributed by atoms with Gasteiger partial charge in [-0.1, -0.05) is 36.4 Å². The molecule has 0 saturated heterocycles. The number of pyridine rings is 2. The molecule has 0 unspecified atom stereocenters. The monoisotopic (exact) mass is 516 g/mol. The fraction of sp³-hybridized carbons (Fsp3) is 0.387. The molecule has 2 aromatic heterocycles. The summed E-state index contributed by atoms with van der Waals surface area (Å²) in [7, 11) is 0. The van der Waals surface area contributed by atoms with Crippen molar-refractivity contribution >= 4 is 27.6 Å². The third-order valence-corrected chi connectivity index (χ3v) is 6.37. The summed E-state index contributed by atoms with van der Waals surface area (Å²) in [5, 5.41) is 1.95. The Hall–Kier alpha value is -3.23. The quantitative estimate of drug-likeness (QED) is 0.200. The van der Waals surface area contributed by atoms with E-state index >= 15 is 0 Å². The van der Waals surface area contributed by atoms with E-state index in [1.54, 1.807) is 12.4 Å². The molecule has 2 aromatic carbocycles. The maximum absolute atomic E-state index is 14.6. The number of carbonyl (C=O) groups excluding carboxylic acids is 1. The number of fused-ring (bicyclic) bond motifs is 2. The highest BCUT2D eigenvalue weighted by Gasteiger charge is 2.54. The first-order chi connectivity index (χ1) is 18.5. The molecule has 7 heteroatoms. The van der Waals surface area contributed by atoms with Crippen LogP contribution in [0.15, 0.2) is 73.1 Å². The zero-order valence-corrected chi connectivity index (χ0v) is 22.6. The van der Waals surface area contributed by atoms with Crippen molar-refractivity contribution in [1.82, 2.24) is 9.97 Å². The van der Waals surface area contributed by atoms with Gasteiger partial charge in [0.2, 0.25) is 11.6 Å². The summed E-state index contributed by atoms with van der Waals surface area (Å²) in [5.74, 6) is -3.69. The van der Waals surface area contributed by atoms with E-state index in [2.05, 4.69) is 9.97 Å². The zero-order valence-electron chi connectivity index (χ0n) is 22.6. The standard InChI is InChI=1S/C31H36N2O5/c1-5-35-30(36-6-2,19-23-17-25-13-9-11-15-27(25)32-21-23)29(34)31(37-7-3,38-8-4)20-24-18-26-14-10-12-16-28(26)33-22-24/h9-18,21-22H,5-8,19-20H2,1-4H3. The molecule has 0 fully saturated rings. The van der Waals surface area contributed by atoms with Crippen LogP contribution in [0.5, 0.6) is 0 Å². The van der Waals surface area contributed by atoms with Crippen LogP contribution in [0.4, 0.5) is 0 Å². The summed E-state index contributed by atoms with van der Waals surface area (Å²) in [6.45, 7) is 8.42. The number of hydrogen-bond acceptors (Lipinski definition) is 7. The maximum atomic E-state index is 14.6. The third kappa shape index (κ3) is 5.92. The predicted octanol–water partition coefficient (Wildman–Crippen LogP) is 5.68. The number of rotatable bonds is 14. The van der Waals surface area contributed by atoms with Crippen LogP contribution in [0.3, 0.4) is 0 Å². The molecule has 0 N–H and O–H groups in total. The highest BCUT2D eigenvalue weighted by Crippen LogP contribution is 2.33. The largest absolute Gasteiger partial charge is 0.343 e. The topological polar surface area (TPSA) is 79.8 Å². The molecule has 0 spiro atoms. The van der Waals surface area contributed by atoms with Crippen molar-refractivity contribution < 1.29 is 23.7 Å². The Morgan fingerprint density at radius 1 is 0.632 bits per heavy atom. The van der Waals surface area contributed by atoms with E-state index in [4.69, 9.17) is 18.9 Å². The Balaban J connectivity index is 1.78. The predicted molar refractivity (Wildman–Crippen MR) is 148 cm³/mol. The average Bonchev–Trinajstić information content (AvgIpc) is 2.93. The smallest absolute Gasteiger partial charge is 0.251 e. The molecule has 7 nitrogen and oxygen atoms in total. The molecule has 2 heterocycles. The van der Waals surface area contributed by atoms with E-state index in [-0.39, 0.29) is 39.3 Å². The molecule has 0 aliphatic heterocycles. The summed E-state index contributed by atoms with van der Waals surface area (Å²) in [4.78, 5) is 23.8. The number of hydrogen-bond donors (Lipinski definition) is 0. The van der Waals surface area contributed by atoms with Crippen molar-refractivity contribution in [2.24, 2.45) is 0 Å². The van der Waals surface area contributed by atoms with Crippen molar-refractivity contribution in [2.45, 2.75) is 52.1 Å². The van der Waals surface area contributed by atoms with E-state index in [1.807, 2.05) is 88.4 Å². The molecule has 0 atom stereocenters. The molecular weight excluding hydrogens is 480 g/mol. The minimum atomic E-state index is -1.64. The van der Waals surface area contributed by atoms with Gasteiger partial charge in [-0.2, -0.15) is 0 Å². The molecule has 0 amide bonds. The van der Waals surface area contributed by atoms with Crippen LogP contribution >= 0.6 is 0 Å². The minimum Gasteiger partial charge on any atom is -0.343 e. The first kappa shape index (κ1) is 27.8. The van der Waals surface area contributed by atoms with E-state index < -0.39 is 17.4 Å². The van der Waals surface area contributed by atoms with Gasteiger partial charge in [-0.15, -0.1) is 0 Å². The van der Waals surface area contributed by atoms with Gasteiger partial charge in [0.25, 0.3) is 5.78 Å². The average molecular weight is 517 g/mol. The molecule has 0 aliphatic carbocycles. The molecule has 0 aliphatic rings. The SMILES string of the molecule is CCOC(Cc1cnc2ccccc2c1)(OCC)C(=O)C(Cc1cnc2ccccc2c1)(OCC)OCC. The highest BCUT2D eigenvalue weighted by molar-refractivity contribution is 5.93. The first-order valence-electron chi connectivity index (χ1n) is 13.3. The van der Waals surface area contributed by atoms with Crippen LogP contribution in [0, 0.1) is 0 Å². The Bertz CT molecular complexity index is 1260. The molecule has 0 radical (unpaired) electrons. The lowest BCUT2D eigenvalue weighted by Crippen LogP contribution is -2.60. The lowest BCUT2D eigenvalue weighted by molar-refractivity contribution is -0.275. The maximum Gasteiger partial charge on any atom is 0.251 e. The number of Topliss-reactive ketones (excluding diaryl/α,β-unsaturated/α-hetero) is 1. The van der Waals surface area contributed by atoms with E-state index in [0.717, 1.165) is 32.9 Å². The van der Waals surface area contributed by atoms with Gasteiger partial charge in [-0.3, -0.25) is 14.8 Å². The van der Waals surface area contributed by atoms with Crippen molar-refractivity contribution in [2.75, 3.05) is 26.4 Å². The summed E-state index contributed by atoms with van der Waals surface area (Å²) >= 11 is 0. The summed E-state index contributed by atoms with van der Waals surface area (Å²) in [6.07, 6.45) is 3.84. The number of nitrogens with zero attached hydrogens (tertiary/aromatic N) is 2. The highest BCUT2D eigenvalue weighted by atomic mass is 16.7. The van der Waals surface area contributed by atoms with E-state index in [0.29, 0.717) is 0 Å².